The molecule has 2 aromatic rings. The van der Waals surface area contributed by atoms with Crippen molar-refractivity contribution in [3.63, 3.8) is 0 Å². The molecule has 0 spiro atoms. The van der Waals surface area contributed by atoms with Gasteiger partial charge >= 0.3 is 6.18 Å². The van der Waals surface area contributed by atoms with Crippen molar-refractivity contribution in [1.82, 2.24) is 4.90 Å². The van der Waals surface area contributed by atoms with Crippen LogP contribution in [0.15, 0.2) is 47.3 Å². The SMILES string of the molecule is COCCN(Cc1ccoc1)C(=O)c1ccccc1C(F)(F)F. The van der Waals surface area contributed by atoms with Gasteiger partial charge in [0.05, 0.1) is 30.3 Å². The third kappa shape index (κ3) is 4.35. The Labute approximate surface area is 131 Å². The van der Waals surface area contributed by atoms with Crippen molar-refractivity contribution >= 4 is 5.91 Å². The Morgan fingerprint density at radius 2 is 2.00 bits per heavy atom. The van der Waals surface area contributed by atoms with Crippen LogP contribution in [-0.4, -0.2) is 31.1 Å². The maximum atomic E-state index is 13.1. The number of ether oxygens (including phenoxy) is 1. The normalized spacial score (nSPS) is 11.5. The highest BCUT2D eigenvalue weighted by molar-refractivity contribution is 5.95. The average molecular weight is 327 g/mol. The van der Waals surface area contributed by atoms with Gasteiger partial charge in [0.25, 0.3) is 5.91 Å². The molecule has 2 rings (SSSR count). The maximum absolute atomic E-state index is 13.1. The van der Waals surface area contributed by atoms with Gasteiger partial charge in [-0.1, -0.05) is 12.1 Å². The van der Waals surface area contributed by atoms with Crippen LogP contribution in [0.1, 0.15) is 21.5 Å². The molecule has 7 heteroatoms. The largest absolute Gasteiger partial charge is 0.472 e. The minimum Gasteiger partial charge on any atom is -0.472 e. The second kappa shape index (κ2) is 7.32. The van der Waals surface area contributed by atoms with E-state index in [-0.39, 0.29) is 25.3 Å². The summed E-state index contributed by atoms with van der Waals surface area (Å²) in [4.78, 5) is 13.9. The topological polar surface area (TPSA) is 42.7 Å². The van der Waals surface area contributed by atoms with Gasteiger partial charge in [0, 0.05) is 25.8 Å². The van der Waals surface area contributed by atoms with E-state index in [0.717, 1.165) is 6.07 Å². The summed E-state index contributed by atoms with van der Waals surface area (Å²) in [5.74, 6) is -0.698. The number of methoxy groups -OCH3 is 1. The Morgan fingerprint density at radius 3 is 2.61 bits per heavy atom. The number of carbonyl (C=O) groups is 1. The van der Waals surface area contributed by atoms with Crippen LogP contribution in [-0.2, 0) is 17.5 Å². The molecular weight excluding hydrogens is 311 g/mol. The van der Waals surface area contributed by atoms with Gasteiger partial charge in [-0.15, -0.1) is 0 Å². The van der Waals surface area contributed by atoms with Crippen molar-refractivity contribution in [2.75, 3.05) is 20.3 Å². The molecule has 0 bridgehead atoms. The van der Waals surface area contributed by atoms with Crippen molar-refractivity contribution in [3.05, 3.63) is 59.5 Å². The van der Waals surface area contributed by atoms with E-state index in [0.29, 0.717) is 5.56 Å². The Bertz CT molecular complexity index is 638. The lowest BCUT2D eigenvalue weighted by Crippen LogP contribution is -2.34. The first-order valence-corrected chi connectivity index (χ1v) is 6.89. The maximum Gasteiger partial charge on any atom is 0.417 e. The molecule has 0 aliphatic heterocycles. The second-order valence-electron chi connectivity index (χ2n) is 4.89. The highest BCUT2D eigenvalue weighted by Gasteiger charge is 2.35. The van der Waals surface area contributed by atoms with Gasteiger partial charge < -0.3 is 14.1 Å². The van der Waals surface area contributed by atoms with Crippen LogP contribution >= 0.6 is 0 Å². The number of halogens is 3. The first-order valence-electron chi connectivity index (χ1n) is 6.89. The standard InChI is InChI=1S/C16H16F3NO3/c1-22-9-7-20(10-12-6-8-23-11-12)15(21)13-4-2-3-5-14(13)16(17,18)19/h2-6,8,11H,7,9-10H2,1H3. The average Bonchev–Trinajstić information content (AvgIpc) is 3.03. The molecular formula is C16H16F3NO3. The monoisotopic (exact) mass is 327 g/mol. The first-order chi connectivity index (χ1) is 10.9. The summed E-state index contributed by atoms with van der Waals surface area (Å²) in [6.45, 7) is 0.537. The molecule has 1 heterocycles. The second-order valence-corrected chi connectivity index (χ2v) is 4.89. The van der Waals surface area contributed by atoms with E-state index in [1.807, 2.05) is 0 Å². The summed E-state index contributed by atoms with van der Waals surface area (Å²) in [6, 6.07) is 6.41. The Hall–Kier alpha value is -2.28. The van der Waals surface area contributed by atoms with E-state index in [9.17, 15) is 18.0 Å². The van der Waals surface area contributed by atoms with Gasteiger partial charge in [-0.3, -0.25) is 4.79 Å². The fourth-order valence-electron chi connectivity index (χ4n) is 2.14. The van der Waals surface area contributed by atoms with E-state index in [1.54, 1.807) is 6.07 Å². The molecule has 4 nitrogen and oxygen atoms in total. The zero-order valence-corrected chi connectivity index (χ0v) is 12.5. The fraction of sp³-hybridized carbons (Fsp3) is 0.312. The highest BCUT2D eigenvalue weighted by atomic mass is 19.4. The molecule has 1 amide bonds. The number of furan rings is 1. The minimum absolute atomic E-state index is 0.144. The predicted octanol–water partition coefficient (Wildman–Crippen LogP) is 3.59. The number of hydrogen-bond donors (Lipinski definition) is 0. The minimum atomic E-state index is -4.59. The zero-order chi connectivity index (χ0) is 16.9. The third-order valence-corrected chi connectivity index (χ3v) is 3.27. The molecule has 0 saturated heterocycles. The van der Waals surface area contributed by atoms with E-state index < -0.39 is 17.6 Å². The molecule has 1 aromatic heterocycles. The van der Waals surface area contributed by atoms with E-state index in [1.165, 1.54) is 42.7 Å². The Morgan fingerprint density at radius 1 is 1.26 bits per heavy atom. The van der Waals surface area contributed by atoms with Crippen LogP contribution in [0.25, 0.3) is 0 Å². The number of rotatable bonds is 6. The van der Waals surface area contributed by atoms with Gasteiger partial charge in [-0.25, -0.2) is 0 Å². The number of nitrogens with zero attached hydrogens (tertiary/aromatic N) is 1. The number of amides is 1. The van der Waals surface area contributed by atoms with Gasteiger partial charge in [-0.05, 0) is 18.2 Å². The molecule has 0 atom stereocenters. The smallest absolute Gasteiger partial charge is 0.417 e. The molecule has 0 aliphatic rings. The molecule has 0 radical (unpaired) electrons. The number of alkyl halides is 3. The lowest BCUT2D eigenvalue weighted by Gasteiger charge is -2.23. The summed E-state index contributed by atoms with van der Waals surface area (Å²) < 4.78 is 49.1. The molecule has 0 unspecified atom stereocenters. The van der Waals surface area contributed by atoms with Crippen LogP contribution in [0, 0.1) is 0 Å². The van der Waals surface area contributed by atoms with Gasteiger partial charge in [0.1, 0.15) is 0 Å². The van der Waals surface area contributed by atoms with E-state index in [4.69, 9.17) is 9.15 Å². The highest BCUT2D eigenvalue weighted by Crippen LogP contribution is 2.32. The molecule has 0 aliphatic carbocycles. The van der Waals surface area contributed by atoms with E-state index >= 15 is 0 Å². The Balaban J connectivity index is 2.30. The summed E-state index contributed by atoms with van der Waals surface area (Å²) in [7, 11) is 1.46. The van der Waals surface area contributed by atoms with Crippen molar-refractivity contribution in [2.45, 2.75) is 12.7 Å². The third-order valence-electron chi connectivity index (χ3n) is 3.27. The van der Waals surface area contributed by atoms with Crippen LogP contribution in [0.5, 0.6) is 0 Å². The summed E-state index contributed by atoms with van der Waals surface area (Å²) in [5, 5.41) is 0. The summed E-state index contributed by atoms with van der Waals surface area (Å²) in [5.41, 5.74) is -0.627. The summed E-state index contributed by atoms with van der Waals surface area (Å²) >= 11 is 0. The molecule has 23 heavy (non-hydrogen) atoms. The summed E-state index contributed by atoms with van der Waals surface area (Å²) in [6.07, 6.45) is -1.70. The van der Waals surface area contributed by atoms with Crippen molar-refractivity contribution in [1.29, 1.82) is 0 Å². The van der Waals surface area contributed by atoms with E-state index in [2.05, 4.69) is 0 Å². The van der Waals surface area contributed by atoms with Gasteiger partial charge in [-0.2, -0.15) is 13.2 Å². The molecule has 0 saturated carbocycles. The quantitative estimate of drug-likeness (QED) is 0.814. The first kappa shape index (κ1) is 17.1. The van der Waals surface area contributed by atoms with Crippen LogP contribution < -0.4 is 0 Å². The molecule has 0 N–H and O–H groups in total. The van der Waals surface area contributed by atoms with Crippen LogP contribution in [0.2, 0.25) is 0 Å². The molecule has 1 aromatic carbocycles. The Kier molecular flexibility index (Phi) is 5.44. The van der Waals surface area contributed by atoms with Crippen LogP contribution in [0.3, 0.4) is 0 Å². The lowest BCUT2D eigenvalue weighted by atomic mass is 10.1. The zero-order valence-electron chi connectivity index (χ0n) is 12.5. The van der Waals surface area contributed by atoms with Gasteiger partial charge in [0.2, 0.25) is 0 Å². The molecule has 124 valence electrons. The van der Waals surface area contributed by atoms with Crippen molar-refractivity contribution < 1.29 is 27.1 Å². The fourth-order valence-corrected chi connectivity index (χ4v) is 2.14. The molecule has 0 fully saturated rings. The van der Waals surface area contributed by atoms with Crippen LogP contribution in [0.4, 0.5) is 13.2 Å². The number of carbonyl (C=O) groups excluding carboxylic acids is 1. The number of hydrogen-bond acceptors (Lipinski definition) is 3. The lowest BCUT2D eigenvalue weighted by molar-refractivity contribution is -0.138. The number of benzene rings is 1. The van der Waals surface area contributed by atoms with Gasteiger partial charge in [0.15, 0.2) is 0 Å². The van der Waals surface area contributed by atoms with Crippen molar-refractivity contribution in [3.8, 4) is 0 Å². The van der Waals surface area contributed by atoms with Crippen molar-refractivity contribution in [2.24, 2.45) is 0 Å². The predicted molar refractivity (Wildman–Crippen MR) is 76.8 cm³/mol.